The highest BCUT2D eigenvalue weighted by molar-refractivity contribution is 5.87. The number of likely N-dealkylation sites (N-methyl/N-ethyl adjacent to an activating group) is 1. The van der Waals surface area contributed by atoms with Crippen molar-refractivity contribution in [2.24, 2.45) is 0 Å². The van der Waals surface area contributed by atoms with Crippen molar-refractivity contribution >= 4 is 5.97 Å². The summed E-state index contributed by atoms with van der Waals surface area (Å²) in [6.45, 7) is 0.748. The van der Waals surface area contributed by atoms with Crippen LogP contribution < -0.4 is 5.59 Å². The van der Waals surface area contributed by atoms with Crippen LogP contribution in [0.25, 0.3) is 0 Å². The number of carbonyl (C=O) groups excluding carboxylic acids is 1. The summed E-state index contributed by atoms with van der Waals surface area (Å²) < 4.78 is 0.356. The molecule has 0 aromatic heterocycles. The van der Waals surface area contributed by atoms with Gasteiger partial charge >= 0.3 is 5.97 Å². The van der Waals surface area contributed by atoms with Crippen LogP contribution in [-0.4, -0.2) is 24.2 Å². The van der Waals surface area contributed by atoms with Crippen molar-refractivity contribution in [2.75, 3.05) is 13.6 Å². The molecule has 0 bridgehead atoms. The molecule has 4 heteroatoms. The summed E-state index contributed by atoms with van der Waals surface area (Å²) in [5.74, 6) is -0.281. The predicted molar refractivity (Wildman–Crippen MR) is 37.5 cm³/mol. The van der Waals surface area contributed by atoms with Gasteiger partial charge in [0.05, 0.1) is 7.05 Å². The molecule has 1 N–H and O–H groups in total. The SMILES string of the molecule is C[N+]12CC=CC=C1C(=O)ON2. The molecule has 0 aliphatic carbocycles. The zero-order valence-electron chi connectivity index (χ0n) is 6.20. The van der Waals surface area contributed by atoms with Crippen molar-refractivity contribution in [3.05, 3.63) is 23.9 Å². The number of carbonyl (C=O) groups is 1. The Bertz CT molecular complexity index is 270. The van der Waals surface area contributed by atoms with E-state index in [2.05, 4.69) is 10.4 Å². The second kappa shape index (κ2) is 1.93. The zero-order valence-corrected chi connectivity index (χ0v) is 6.20. The maximum atomic E-state index is 11.0. The van der Waals surface area contributed by atoms with E-state index in [1.54, 1.807) is 6.08 Å². The second-order valence-corrected chi connectivity index (χ2v) is 2.83. The van der Waals surface area contributed by atoms with Gasteiger partial charge in [0.25, 0.3) is 0 Å². The van der Waals surface area contributed by atoms with Crippen molar-refractivity contribution in [1.29, 1.82) is 0 Å². The van der Waals surface area contributed by atoms with E-state index < -0.39 is 0 Å². The average Bonchev–Trinajstić information content (AvgIpc) is 2.29. The lowest BCUT2D eigenvalue weighted by Gasteiger charge is -2.24. The highest BCUT2D eigenvalue weighted by Gasteiger charge is 2.43. The summed E-state index contributed by atoms with van der Waals surface area (Å²) in [5, 5.41) is 0. The third kappa shape index (κ3) is 0.800. The molecule has 0 amide bonds. The molecule has 0 saturated carbocycles. The van der Waals surface area contributed by atoms with Crippen LogP contribution in [0, 0.1) is 0 Å². The minimum absolute atomic E-state index is 0.281. The van der Waals surface area contributed by atoms with Gasteiger partial charge in [0, 0.05) is 11.7 Å². The van der Waals surface area contributed by atoms with Crippen molar-refractivity contribution in [2.45, 2.75) is 0 Å². The highest BCUT2D eigenvalue weighted by Crippen LogP contribution is 2.21. The first-order valence-corrected chi connectivity index (χ1v) is 3.44. The first-order valence-electron chi connectivity index (χ1n) is 3.44. The fourth-order valence-electron chi connectivity index (χ4n) is 1.24. The highest BCUT2D eigenvalue weighted by atomic mass is 16.7. The van der Waals surface area contributed by atoms with E-state index in [1.165, 1.54) is 0 Å². The smallest absolute Gasteiger partial charge is 0.315 e. The Hall–Kier alpha value is -1.13. The zero-order chi connectivity index (χ0) is 7.90. The van der Waals surface area contributed by atoms with E-state index in [9.17, 15) is 4.79 Å². The maximum absolute atomic E-state index is 11.0. The van der Waals surface area contributed by atoms with Crippen LogP contribution in [0.1, 0.15) is 0 Å². The summed E-state index contributed by atoms with van der Waals surface area (Å²) in [4.78, 5) is 15.7. The Kier molecular flexibility index (Phi) is 1.15. The minimum Gasteiger partial charge on any atom is -0.315 e. The Balaban J connectivity index is 2.44. The molecular formula is C7H9N2O2+. The lowest BCUT2D eigenvalue weighted by Crippen LogP contribution is -2.49. The Labute approximate surface area is 64.3 Å². The van der Waals surface area contributed by atoms with Gasteiger partial charge in [-0.25, -0.2) is 4.79 Å². The monoisotopic (exact) mass is 153 g/mol. The van der Waals surface area contributed by atoms with Gasteiger partial charge in [-0.3, -0.25) is 0 Å². The third-order valence-corrected chi connectivity index (χ3v) is 1.94. The fraction of sp³-hybridized carbons (Fsp3) is 0.286. The van der Waals surface area contributed by atoms with E-state index in [4.69, 9.17) is 0 Å². The fourth-order valence-corrected chi connectivity index (χ4v) is 1.24. The van der Waals surface area contributed by atoms with Gasteiger partial charge in [0.15, 0.2) is 0 Å². The molecule has 1 unspecified atom stereocenters. The number of nitrogens with one attached hydrogen (secondary N) is 1. The topological polar surface area (TPSA) is 38.3 Å². The molecule has 1 saturated heterocycles. The van der Waals surface area contributed by atoms with Crippen LogP contribution >= 0.6 is 0 Å². The molecular weight excluding hydrogens is 144 g/mol. The maximum Gasteiger partial charge on any atom is 0.417 e. The van der Waals surface area contributed by atoms with Crippen LogP contribution in [-0.2, 0) is 9.63 Å². The number of quaternary nitrogens is 1. The van der Waals surface area contributed by atoms with E-state index in [1.807, 2.05) is 19.2 Å². The summed E-state index contributed by atoms with van der Waals surface area (Å²) in [7, 11) is 1.89. The largest absolute Gasteiger partial charge is 0.417 e. The van der Waals surface area contributed by atoms with Gasteiger partial charge in [-0.2, -0.15) is 4.59 Å². The van der Waals surface area contributed by atoms with Crippen molar-refractivity contribution in [3.8, 4) is 0 Å². The van der Waals surface area contributed by atoms with Gasteiger partial charge in [-0.05, 0) is 6.08 Å². The molecule has 0 radical (unpaired) electrons. The van der Waals surface area contributed by atoms with Crippen LogP contribution in [0.3, 0.4) is 0 Å². The number of rotatable bonds is 0. The van der Waals surface area contributed by atoms with Crippen molar-refractivity contribution in [1.82, 2.24) is 5.59 Å². The summed E-state index contributed by atoms with van der Waals surface area (Å²) in [6.07, 6.45) is 5.62. The molecule has 0 aromatic rings. The summed E-state index contributed by atoms with van der Waals surface area (Å²) in [5.41, 5.74) is 3.31. The molecule has 58 valence electrons. The first kappa shape index (κ1) is 6.57. The lowest BCUT2D eigenvalue weighted by molar-refractivity contribution is -0.920. The number of fused-ring (bicyclic) bond motifs is 1. The normalized spacial score (nSPS) is 34.6. The van der Waals surface area contributed by atoms with Crippen LogP contribution in [0.2, 0.25) is 0 Å². The van der Waals surface area contributed by atoms with Crippen LogP contribution in [0.15, 0.2) is 23.9 Å². The molecule has 1 atom stereocenters. The third-order valence-electron chi connectivity index (χ3n) is 1.94. The minimum atomic E-state index is -0.281. The Morgan fingerprint density at radius 1 is 1.73 bits per heavy atom. The summed E-state index contributed by atoms with van der Waals surface area (Å²) in [6, 6.07) is 0. The molecule has 2 heterocycles. The molecule has 11 heavy (non-hydrogen) atoms. The number of allylic oxidation sites excluding steroid dienone is 2. The van der Waals surface area contributed by atoms with E-state index in [0.717, 1.165) is 6.54 Å². The van der Waals surface area contributed by atoms with E-state index in [0.29, 0.717) is 10.3 Å². The average molecular weight is 153 g/mol. The van der Waals surface area contributed by atoms with Crippen LogP contribution in [0.4, 0.5) is 0 Å². The lowest BCUT2D eigenvalue weighted by atomic mass is 10.2. The number of hydrogen-bond donors (Lipinski definition) is 1. The molecule has 4 nitrogen and oxygen atoms in total. The van der Waals surface area contributed by atoms with Gasteiger partial charge in [-0.15, -0.1) is 0 Å². The molecule has 2 aliphatic rings. The number of hydrogen-bond acceptors (Lipinski definition) is 3. The molecule has 0 aromatic carbocycles. The molecule has 1 fully saturated rings. The molecule has 0 spiro atoms. The summed E-state index contributed by atoms with van der Waals surface area (Å²) >= 11 is 0. The Morgan fingerprint density at radius 3 is 3.27 bits per heavy atom. The van der Waals surface area contributed by atoms with Gasteiger partial charge in [-0.1, -0.05) is 6.08 Å². The van der Waals surface area contributed by atoms with Crippen LogP contribution in [0.5, 0.6) is 0 Å². The number of nitrogens with zero attached hydrogens (tertiary/aromatic N) is 1. The first-order chi connectivity index (χ1) is 5.22. The van der Waals surface area contributed by atoms with Gasteiger partial charge in [0.2, 0.25) is 5.70 Å². The van der Waals surface area contributed by atoms with Crippen molar-refractivity contribution in [3.63, 3.8) is 0 Å². The quantitative estimate of drug-likeness (QED) is 0.492. The van der Waals surface area contributed by atoms with Crippen molar-refractivity contribution < 1.29 is 14.2 Å². The Morgan fingerprint density at radius 2 is 2.55 bits per heavy atom. The molecule has 2 aliphatic heterocycles. The standard InChI is InChI=1S/C7H9N2O2/c1-9-5-3-2-4-6(9)7(10)11-8-9/h2-4,8H,5H2,1H3/q+1. The predicted octanol–water partition coefficient (Wildman–Crippen LogP) is -0.137. The molecule has 2 rings (SSSR count). The second-order valence-electron chi connectivity index (χ2n) is 2.83. The van der Waals surface area contributed by atoms with Gasteiger partial charge < -0.3 is 4.84 Å². The van der Waals surface area contributed by atoms with E-state index in [-0.39, 0.29) is 5.97 Å². The van der Waals surface area contributed by atoms with Gasteiger partial charge in [0.1, 0.15) is 6.54 Å². The van der Waals surface area contributed by atoms with E-state index >= 15 is 0 Å².